The van der Waals surface area contributed by atoms with Crippen LogP contribution in [0.2, 0.25) is 0 Å². The van der Waals surface area contributed by atoms with E-state index < -0.39 is 11.6 Å². The monoisotopic (exact) mass is 375 g/mol. The van der Waals surface area contributed by atoms with Gasteiger partial charge in [-0.15, -0.1) is 0 Å². The lowest BCUT2D eigenvalue weighted by atomic mass is 10.2. The first-order valence-corrected chi connectivity index (χ1v) is 8.24. The zero-order valence-corrected chi connectivity index (χ0v) is 15.0. The summed E-state index contributed by atoms with van der Waals surface area (Å²) in [4.78, 5) is 6.04. The molecule has 0 fully saturated rings. The van der Waals surface area contributed by atoms with Gasteiger partial charge in [-0.2, -0.15) is 4.98 Å². The van der Waals surface area contributed by atoms with Crippen molar-refractivity contribution in [3.8, 4) is 11.5 Å². The number of benzene rings is 2. The molecule has 0 saturated heterocycles. The van der Waals surface area contributed by atoms with Gasteiger partial charge in [-0.25, -0.2) is 8.78 Å². The third-order valence-electron chi connectivity index (χ3n) is 3.80. The second-order valence-electron chi connectivity index (χ2n) is 5.98. The van der Waals surface area contributed by atoms with Crippen LogP contribution in [-0.2, 0) is 19.7 Å². The Morgan fingerprint density at radius 1 is 1.04 bits per heavy atom. The van der Waals surface area contributed by atoms with E-state index in [0.717, 1.165) is 11.8 Å². The van der Waals surface area contributed by atoms with Crippen molar-refractivity contribution < 1.29 is 22.8 Å². The Bertz CT molecular complexity index is 884. The molecular weight excluding hydrogens is 356 g/mol. The van der Waals surface area contributed by atoms with Gasteiger partial charge in [-0.3, -0.25) is 4.90 Å². The van der Waals surface area contributed by atoms with E-state index in [1.54, 1.807) is 43.3 Å². The maximum Gasteiger partial charge on any atom is 0.240 e. The smallest absolute Gasteiger partial charge is 0.240 e. The van der Waals surface area contributed by atoms with Crippen molar-refractivity contribution in [2.24, 2.45) is 0 Å². The standard InChI is InChI=1S/C19H19F2N3O3/c1-24(10-13-3-4-14(20)9-17(13)21)11-19-22-18(23-27-19)12-26-16-7-5-15(25-2)6-8-16/h3-9H,10-12H2,1-2H3. The van der Waals surface area contributed by atoms with Gasteiger partial charge in [0.15, 0.2) is 6.61 Å². The van der Waals surface area contributed by atoms with E-state index in [1.807, 2.05) is 0 Å². The first-order chi connectivity index (χ1) is 13.0. The van der Waals surface area contributed by atoms with E-state index in [0.29, 0.717) is 29.6 Å². The predicted molar refractivity (Wildman–Crippen MR) is 93.2 cm³/mol. The molecule has 27 heavy (non-hydrogen) atoms. The Kier molecular flexibility index (Phi) is 5.97. The van der Waals surface area contributed by atoms with Crippen molar-refractivity contribution in [2.75, 3.05) is 14.2 Å². The highest BCUT2D eigenvalue weighted by Gasteiger charge is 2.12. The third-order valence-corrected chi connectivity index (χ3v) is 3.80. The van der Waals surface area contributed by atoms with Gasteiger partial charge in [0.1, 0.15) is 23.1 Å². The van der Waals surface area contributed by atoms with Gasteiger partial charge in [0.25, 0.3) is 0 Å². The number of methoxy groups -OCH3 is 1. The molecule has 0 saturated carbocycles. The molecule has 0 atom stereocenters. The molecule has 142 valence electrons. The van der Waals surface area contributed by atoms with Crippen LogP contribution in [0.3, 0.4) is 0 Å². The van der Waals surface area contributed by atoms with Crippen molar-refractivity contribution in [1.29, 1.82) is 0 Å². The molecule has 0 aliphatic rings. The van der Waals surface area contributed by atoms with E-state index in [4.69, 9.17) is 14.0 Å². The Morgan fingerprint density at radius 2 is 1.78 bits per heavy atom. The molecule has 6 nitrogen and oxygen atoms in total. The molecule has 0 unspecified atom stereocenters. The van der Waals surface area contributed by atoms with Crippen molar-refractivity contribution in [2.45, 2.75) is 19.7 Å². The molecular formula is C19H19F2N3O3. The highest BCUT2D eigenvalue weighted by Crippen LogP contribution is 2.18. The van der Waals surface area contributed by atoms with Gasteiger partial charge >= 0.3 is 0 Å². The number of nitrogens with zero attached hydrogens (tertiary/aromatic N) is 3. The van der Waals surface area contributed by atoms with Crippen LogP contribution < -0.4 is 9.47 Å². The molecule has 0 N–H and O–H groups in total. The fourth-order valence-electron chi connectivity index (χ4n) is 2.46. The molecule has 0 aliphatic heterocycles. The maximum atomic E-state index is 13.7. The number of ether oxygens (including phenoxy) is 2. The largest absolute Gasteiger partial charge is 0.497 e. The van der Waals surface area contributed by atoms with Crippen LogP contribution in [-0.4, -0.2) is 29.2 Å². The quantitative estimate of drug-likeness (QED) is 0.600. The highest BCUT2D eigenvalue weighted by molar-refractivity contribution is 5.31. The molecule has 2 aromatic carbocycles. The zero-order chi connectivity index (χ0) is 19.2. The van der Waals surface area contributed by atoms with Crippen LogP contribution in [0.4, 0.5) is 8.78 Å². The van der Waals surface area contributed by atoms with Gasteiger partial charge in [-0.05, 0) is 37.4 Å². The van der Waals surface area contributed by atoms with Crippen molar-refractivity contribution in [3.05, 3.63) is 71.4 Å². The minimum Gasteiger partial charge on any atom is -0.497 e. The van der Waals surface area contributed by atoms with Crippen molar-refractivity contribution in [3.63, 3.8) is 0 Å². The summed E-state index contributed by atoms with van der Waals surface area (Å²) >= 11 is 0. The maximum absolute atomic E-state index is 13.7. The lowest BCUT2D eigenvalue weighted by Crippen LogP contribution is -2.18. The molecule has 0 radical (unpaired) electrons. The number of aromatic nitrogens is 2. The lowest BCUT2D eigenvalue weighted by molar-refractivity contribution is 0.254. The third kappa shape index (κ3) is 5.24. The summed E-state index contributed by atoms with van der Waals surface area (Å²) in [6.45, 7) is 0.769. The predicted octanol–water partition coefficient (Wildman–Crippen LogP) is 3.57. The van der Waals surface area contributed by atoms with E-state index in [-0.39, 0.29) is 13.2 Å². The second-order valence-corrected chi connectivity index (χ2v) is 5.98. The fraction of sp³-hybridized carbons (Fsp3) is 0.263. The topological polar surface area (TPSA) is 60.6 Å². The van der Waals surface area contributed by atoms with Crippen LogP contribution in [0, 0.1) is 11.6 Å². The first kappa shape index (κ1) is 18.8. The average molecular weight is 375 g/mol. The van der Waals surface area contributed by atoms with Crippen LogP contribution in [0.15, 0.2) is 47.0 Å². The average Bonchev–Trinajstić information content (AvgIpc) is 3.10. The Labute approximate surface area is 155 Å². The molecule has 3 aromatic rings. The van der Waals surface area contributed by atoms with E-state index >= 15 is 0 Å². The van der Waals surface area contributed by atoms with Gasteiger partial charge < -0.3 is 14.0 Å². The molecule has 3 rings (SSSR count). The van der Waals surface area contributed by atoms with E-state index in [9.17, 15) is 8.78 Å². The summed E-state index contributed by atoms with van der Waals surface area (Å²) in [7, 11) is 3.37. The van der Waals surface area contributed by atoms with Crippen molar-refractivity contribution >= 4 is 0 Å². The summed E-state index contributed by atoms with van der Waals surface area (Å²) in [5, 5.41) is 3.87. The summed E-state index contributed by atoms with van der Waals surface area (Å²) in [6, 6.07) is 10.7. The second kappa shape index (κ2) is 8.59. The Hall–Kier alpha value is -3.00. The number of halogens is 2. The normalized spacial score (nSPS) is 11.0. The Balaban J connectivity index is 1.52. The summed E-state index contributed by atoms with van der Waals surface area (Å²) in [5.41, 5.74) is 0.390. The molecule has 1 heterocycles. The number of hydrogen-bond acceptors (Lipinski definition) is 6. The zero-order valence-electron chi connectivity index (χ0n) is 15.0. The summed E-state index contributed by atoms with van der Waals surface area (Å²) < 4.78 is 42.6. The number of hydrogen-bond donors (Lipinski definition) is 0. The minimum atomic E-state index is -0.600. The first-order valence-electron chi connectivity index (χ1n) is 8.24. The molecule has 0 aliphatic carbocycles. The summed E-state index contributed by atoms with van der Waals surface area (Å²) in [5.74, 6) is 1.00. The lowest BCUT2D eigenvalue weighted by Gasteiger charge is -2.14. The molecule has 1 aromatic heterocycles. The molecule has 0 spiro atoms. The molecule has 0 amide bonds. The van der Waals surface area contributed by atoms with Gasteiger partial charge in [-0.1, -0.05) is 11.2 Å². The highest BCUT2D eigenvalue weighted by atomic mass is 19.1. The number of rotatable bonds is 8. The van der Waals surface area contributed by atoms with Crippen LogP contribution >= 0.6 is 0 Å². The van der Waals surface area contributed by atoms with E-state index in [2.05, 4.69) is 10.1 Å². The minimum absolute atomic E-state index is 0.159. The summed E-state index contributed by atoms with van der Waals surface area (Å²) in [6.07, 6.45) is 0. The Morgan fingerprint density at radius 3 is 2.48 bits per heavy atom. The van der Waals surface area contributed by atoms with Crippen LogP contribution in [0.1, 0.15) is 17.3 Å². The molecule has 8 heteroatoms. The van der Waals surface area contributed by atoms with Crippen LogP contribution in [0.5, 0.6) is 11.5 Å². The fourth-order valence-corrected chi connectivity index (χ4v) is 2.46. The van der Waals surface area contributed by atoms with Crippen molar-refractivity contribution in [1.82, 2.24) is 15.0 Å². The SMILES string of the molecule is COc1ccc(OCc2noc(CN(C)Cc3ccc(F)cc3F)n2)cc1. The van der Waals surface area contributed by atoms with Crippen LogP contribution in [0.25, 0.3) is 0 Å². The van der Waals surface area contributed by atoms with Gasteiger partial charge in [0.05, 0.1) is 13.7 Å². The molecule has 0 bridgehead atoms. The van der Waals surface area contributed by atoms with Gasteiger partial charge in [0.2, 0.25) is 11.7 Å². The van der Waals surface area contributed by atoms with E-state index in [1.165, 1.54) is 12.1 Å². The van der Waals surface area contributed by atoms with Gasteiger partial charge in [0, 0.05) is 18.2 Å².